The Labute approximate surface area is 157 Å². The van der Waals surface area contributed by atoms with Gasteiger partial charge in [-0.05, 0) is 50.3 Å². The Balaban J connectivity index is 1.56. The Morgan fingerprint density at radius 1 is 1.19 bits per heavy atom. The molecule has 4 aromatic heterocycles. The van der Waals surface area contributed by atoms with Gasteiger partial charge < -0.3 is 4.74 Å². The third-order valence-corrected chi connectivity index (χ3v) is 5.24. The number of nitrogens with one attached hydrogen (secondary N) is 1. The Morgan fingerprint density at radius 2 is 2.07 bits per heavy atom. The first-order valence-electron chi connectivity index (χ1n) is 9.39. The first-order chi connectivity index (χ1) is 13.3. The van der Waals surface area contributed by atoms with E-state index in [9.17, 15) is 0 Å². The molecule has 136 valence electrons. The lowest BCUT2D eigenvalue weighted by molar-refractivity contribution is 0.201. The summed E-state index contributed by atoms with van der Waals surface area (Å²) in [4.78, 5) is 9.31. The van der Waals surface area contributed by atoms with Gasteiger partial charge in [0.1, 0.15) is 11.8 Å². The number of rotatable bonds is 4. The van der Waals surface area contributed by atoms with Crippen LogP contribution in [0.1, 0.15) is 31.2 Å². The largest absolute Gasteiger partial charge is 0.474 e. The minimum absolute atomic E-state index is 0.297. The van der Waals surface area contributed by atoms with Gasteiger partial charge in [-0.1, -0.05) is 6.07 Å². The molecule has 6 heteroatoms. The van der Waals surface area contributed by atoms with Crippen molar-refractivity contribution in [2.45, 2.75) is 38.7 Å². The second-order valence-corrected chi connectivity index (χ2v) is 7.11. The maximum absolute atomic E-state index is 6.07. The maximum atomic E-state index is 6.07. The van der Waals surface area contributed by atoms with E-state index < -0.39 is 0 Å². The highest BCUT2D eigenvalue weighted by Crippen LogP contribution is 2.28. The number of fused-ring (bicyclic) bond motifs is 1. The summed E-state index contributed by atoms with van der Waals surface area (Å²) in [5.74, 6) is 0.691. The van der Waals surface area contributed by atoms with Crippen LogP contribution in [0, 0.1) is 6.92 Å². The van der Waals surface area contributed by atoms with Crippen molar-refractivity contribution in [1.82, 2.24) is 24.6 Å². The topological polar surface area (TPSA) is 68.1 Å². The molecule has 0 aromatic carbocycles. The maximum Gasteiger partial charge on any atom is 0.214 e. The van der Waals surface area contributed by atoms with Crippen LogP contribution in [0.2, 0.25) is 0 Å². The molecular formula is C21H21N5O. The third kappa shape index (κ3) is 2.97. The fourth-order valence-corrected chi connectivity index (χ4v) is 3.81. The van der Waals surface area contributed by atoms with Crippen molar-refractivity contribution in [2.75, 3.05) is 0 Å². The fraction of sp³-hybridized carbons (Fsp3) is 0.286. The minimum atomic E-state index is 0.297. The summed E-state index contributed by atoms with van der Waals surface area (Å²) in [6.45, 7) is 2.09. The van der Waals surface area contributed by atoms with Crippen molar-refractivity contribution < 1.29 is 4.74 Å². The molecule has 0 amide bonds. The van der Waals surface area contributed by atoms with Crippen molar-refractivity contribution in [1.29, 1.82) is 0 Å². The summed E-state index contributed by atoms with van der Waals surface area (Å²) in [7, 11) is 0. The molecule has 1 aliphatic rings. The Morgan fingerprint density at radius 3 is 2.89 bits per heavy atom. The molecule has 0 saturated heterocycles. The van der Waals surface area contributed by atoms with Gasteiger partial charge in [0.05, 0.1) is 23.8 Å². The summed E-state index contributed by atoms with van der Waals surface area (Å²) in [5.41, 5.74) is 6.05. The van der Waals surface area contributed by atoms with Crippen LogP contribution in [0.5, 0.6) is 5.88 Å². The molecule has 0 aliphatic heterocycles. The molecular weight excluding hydrogens is 338 g/mol. The predicted octanol–water partition coefficient (Wildman–Crippen LogP) is 4.42. The van der Waals surface area contributed by atoms with E-state index in [-0.39, 0.29) is 0 Å². The van der Waals surface area contributed by atoms with Gasteiger partial charge in [-0.3, -0.25) is 9.50 Å². The molecule has 0 unspecified atom stereocenters. The van der Waals surface area contributed by atoms with Gasteiger partial charge in [0.25, 0.3) is 0 Å². The lowest BCUT2D eigenvalue weighted by atomic mass is 10.1. The molecule has 5 rings (SSSR count). The van der Waals surface area contributed by atoms with Crippen LogP contribution < -0.4 is 4.74 Å². The smallest absolute Gasteiger partial charge is 0.214 e. The molecule has 1 N–H and O–H groups in total. The van der Waals surface area contributed by atoms with Crippen LogP contribution in [-0.2, 0) is 0 Å². The van der Waals surface area contributed by atoms with Crippen molar-refractivity contribution in [3.8, 4) is 28.4 Å². The number of aromatic amines is 1. The molecule has 1 saturated carbocycles. The summed E-state index contributed by atoms with van der Waals surface area (Å²) in [5, 5.41) is 6.95. The highest BCUT2D eigenvalue weighted by atomic mass is 16.5. The zero-order valence-corrected chi connectivity index (χ0v) is 15.2. The zero-order chi connectivity index (χ0) is 18.2. The van der Waals surface area contributed by atoms with E-state index in [1.165, 1.54) is 12.8 Å². The van der Waals surface area contributed by atoms with E-state index in [2.05, 4.69) is 38.8 Å². The highest BCUT2D eigenvalue weighted by Gasteiger charge is 2.18. The van der Waals surface area contributed by atoms with E-state index in [0.717, 1.165) is 46.6 Å². The number of nitrogens with zero attached hydrogens (tertiary/aromatic N) is 4. The second kappa shape index (κ2) is 6.54. The molecule has 1 fully saturated rings. The normalized spacial score (nSPS) is 14.9. The van der Waals surface area contributed by atoms with Crippen molar-refractivity contribution in [3.05, 3.63) is 54.6 Å². The standard InChI is InChI=1S/C21H21N5O/c1-14-9-20-22-12-19(26(20)13-17(14)15-10-23-24-11-15)18-7-4-8-21(25-18)27-16-5-2-3-6-16/h4,7-13,16H,2-3,5-6H2,1H3,(H,23,24). The molecule has 27 heavy (non-hydrogen) atoms. The van der Waals surface area contributed by atoms with Crippen LogP contribution in [0.3, 0.4) is 0 Å². The first-order valence-corrected chi connectivity index (χ1v) is 9.39. The molecule has 0 radical (unpaired) electrons. The predicted molar refractivity (Wildman–Crippen MR) is 104 cm³/mol. The monoisotopic (exact) mass is 359 g/mol. The number of hydrogen-bond acceptors (Lipinski definition) is 4. The first kappa shape index (κ1) is 16.1. The summed E-state index contributed by atoms with van der Waals surface area (Å²) in [6, 6.07) is 8.02. The number of ether oxygens (including phenoxy) is 1. The Kier molecular flexibility index (Phi) is 3.89. The molecule has 0 spiro atoms. The number of hydrogen-bond donors (Lipinski definition) is 1. The summed E-state index contributed by atoms with van der Waals surface area (Å²) >= 11 is 0. The summed E-state index contributed by atoms with van der Waals surface area (Å²) < 4.78 is 8.16. The van der Waals surface area contributed by atoms with Crippen LogP contribution in [0.4, 0.5) is 0 Å². The van der Waals surface area contributed by atoms with E-state index in [1.54, 1.807) is 0 Å². The van der Waals surface area contributed by atoms with Crippen LogP contribution in [0.15, 0.2) is 49.1 Å². The Hall–Kier alpha value is -3.15. The molecule has 6 nitrogen and oxygen atoms in total. The van der Waals surface area contributed by atoms with Crippen LogP contribution >= 0.6 is 0 Å². The third-order valence-electron chi connectivity index (χ3n) is 5.24. The van der Waals surface area contributed by atoms with Gasteiger partial charge in [0.15, 0.2) is 0 Å². The van der Waals surface area contributed by atoms with Gasteiger partial charge >= 0.3 is 0 Å². The van der Waals surface area contributed by atoms with E-state index >= 15 is 0 Å². The highest BCUT2D eigenvalue weighted by molar-refractivity contribution is 5.70. The molecule has 4 aromatic rings. The lowest BCUT2D eigenvalue weighted by Crippen LogP contribution is -2.11. The van der Waals surface area contributed by atoms with Gasteiger partial charge in [-0.2, -0.15) is 5.10 Å². The number of pyridine rings is 2. The van der Waals surface area contributed by atoms with Crippen LogP contribution in [0.25, 0.3) is 28.2 Å². The number of H-pyrrole nitrogens is 1. The average Bonchev–Trinajstić information content (AvgIpc) is 3.43. The van der Waals surface area contributed by atoms with Gasteiger partial charge in [-0.25, -0.2) is 9.97 Å². The molecule has 1 aliphatic carbocycles. The fourth-order valence-electron chi connectivity index (χ4n) is 3.81. The van der Waals surface area contributed by atoms with Gasteiger partial charge in [0, 0.05) is 29.6 Å². The van der Waals surface area contributed by atoms with Gasteiger partial charge in [-0.15, -0.1) is 0 Å². The minimum Gasteiger partial charge on any atom is -0.474 e. The number of aromatic nitrogens is 5. The van der Waals surface area contributed by atoms with E-state index in [1.807, 2.05) is 36.8 Å². The van der Waals surface area contributed by atoms with Gasteiger partial charge in [0.2, 0.25) is 5.88 Å². The van der Waals surface area contributed by atoms with Crippen molar-refractivity contribution in [3.63, 3.8) is 0 Å². The zero-order valence-electron chi connectivity index (χ0n) is 15.2. The average molecular weight is 359 g/mol. The quantitative estimate of drug-likeness (QED) is 0.586. The van der Waals surface area contributed by atoms with Crippen LogP contribution in [-0.4, -0.2) is 30.7 Å². The molecule has 0 bridgehead atoms. The molecule has 0 atom stereocenters. The SMILES string of the molecule is Cc1cc2ncc(-c3cccc(OC4CCCC4)n3)n2cc1-c1cn[nH]c1. The lowest BCUT2D eigenvalue weighted by Gasteiger charge is -2.13. The number of imidazole rings is 1. The van der Waals surface area contributed by atoms with Crippen molar-refractivity contribution in [2.24, 2.45) is 0 Å². The van der Waals surface area contributed by atoms with E-state index in [0.29, 0.717) is 12.0 Å². The molecule has 4 heterocycles. The summed E-state index contributed by atoms with van der Waals surface area (Å²) in [6.07, 6.45) is 12.7. The number of aryl methyl sites for hydroxylation is 1. The Bertz CT molecular complexity index is 1080. The van der Waals surface area contributed by atoms with E-state index in [4.69, 9.17) is 9.72 Å². The second-order valence-electron chi connectivity index (χ2n) is 7.11. The van der Waals surface area contributed by atoms with Crippen molar-refractivity contribution >= 4 is 5.65 Å².